The van der Waals surface area contributed by atoms with Gasteiger partial charge in [-0.25, -0.2) is 4.79 Å². The second-order valence-electron chi connectivity index (χ2n) is 4.78. The van der Waals surface area contributed by atoms with Crippen LogP contribution in [-0.2, 0) is 13.6 Å². The van der Waals surface area contributed by atoms with Crippen LogP contribution in [0.15, 0.2) is 53.3 Å². The molecule has 0 aliphatic heterocycles. The summed E-state index contributed by atoms with van der Waals surface area (Å²) in [6.07, 6.45) is 0. The first kappa shape index (κ1) is 13.8. The predicted molar refractivity (Wildman–Crippen MR) is 84.1 cm³/mol. The molecule has 0 fully saturated rings. The molecule has 0 saturated heterocycles. The largest absolute Gasteiger partial charge is 0.492 e. The lowest BCUT2D eigenvalue weighted by molar-refractivity contribution is 0.298. The minimum absolute atomic E-state index is 0.0316. The Bertz CT molecular complexity index is 818. The summed E-state index contributed by atoms with van der Waals surface area (Å²) in [5.41, 5.74) is 1.81. The fourth-order valence-corrected chi connectivity index (χ4v) is 2.49. The maximum Gasteiger partial charge on any atom is 0.328 e. The first-order valence-corrected chi connectivity index (χ1v) is 7.07. The Morgan fingerprint density at radius 2 is 1.71 bits per heavy atom. The van der Waals surface area contributed by atoms with Gasteiger partial charge in [-0.2, -0.15) is 0 Å². The maximum absolute atomic E-state index is 12.2. The topological polar surface area (TPSA) is 36.2 Å². The average Bonchev–Trinajstić information content (AvgIpc) is 2.75. The van der Waals surface area contributed by atoms with E-state index in [1.807, 2.05) is 36.4 Å². The highest BCUT2D eigenvalue weighted by Crippen LogP contribution is 2.16. The fraction of sp³-hybridized carbons (Fsp3) is 0.188. The number of benzene rings is 2. The first-order valence-electron chi connectivity index (χ1n) is 6.69. The van der Waals surface area contributed by atoms with Gasteiger partial charge in [0.2, 0.25) is 0 Å². The number of fused-ring (bicyclic) bond motifs is 1. The number of imidazole rings is 1. The van der Waals surface area contributed by atoms with Crippen LogP contribution in [0.2, 0.25) is 5.02 Å². The number of aromatic nitrogens is 2. The Morgan fingerprint density at radius 3 is 2.43 bits per heavy atom. The zero-order valence-corrected chi connectivity index (χ0v) is 12.4. The number of nitrogens with zero attached hydrogens (tertiary/aromatic N) is 2. The Morgan fingerprint density at radius 1 is 1.05 bits per heavy atom. The summed E-state index contributed by atoms with van der Waals surface area (Å²) in [4.78, 5) is 12.2. The minimum Gasteiger partial charge on any atom is -0.492 e. The van der Waals surface area contributed by atoms with Crippen molar-refractivity contribution in [3.63, 3.8) is 0 Å². The van der Waals surface area contributed by atoms with Gasteiger partial charge in [0.05, 0.1) is 17.6 Å². The molecule has 0 aliphatic carbocycles. The zero-order valence-electron chi connectivity index (χ0n) is 11.6. The third-order valence-electron chi connectivity index (χ3n) is 3.45. The highest BCUT2D eigenvalue weighted by Gasteiger charge is 2.09. The van der Waals surface area contributed by atoms with Crippen molar-refractivity contribution >= 4 is 22.6 Å². The van der Waals surface area contributed by atoms with Crippen LogP contribution in [0.4, 0.5) is 0 Å². The third-order valence-corrected chi connectivity index (χ3v) is 3.70. The van der Waals surface area contributed by atoms with Crippen molar-refractivity contribution in [3.05, 3.63) is 64.0 Å². The van der Waals surface area contributed by atoms with E-state index in [0.717, 1.165) is 16.8 Å². The summed E-state index contributed by atoms with van der Waals surface area (Å²) in [7, 11) is 1.78. The highest BCUT2D eigenvalue weighted by molar-refractivity contribution is 6.30. The van der Waals surface area contributed by atoms with Gasteiger partial charge in [-0.1, -0.05) is 23.7 Å². The van der Waals surface area contributed by atoms with Crippen LogP contribution >= 0.6 is 11.6 Å². The van der Waals surface area contributed by atoms with E-state index in [9.17, 15) is 4.79 Å². The van der Waals surface area contributed by atoms with Crippen LogP contribution in [-0.4, -0.2) is 15.7 Å². The molecule has 0 saturated carbocycles. The highest BCUT2D eigenvalue weighted by atomic mass is 35.5. The number of aryl methyl sites for hydroxylation is 1. The molecule has 0 N–H and O–H groups in total. The van der Waals surface area contributed by atoms with Crippen molar-refractivity contribution in [2.24, 2.45) is 7.05 Å². The maximum atomic E-state index is 12.2. The molecule has 0 radical (unpaired) electrons. The molecule has 3 rings (SSSR count). The Kier molecular flexibility index (Phi) is 3.71. The van der Waals surface area contributed by atoms with E-state index >= 15 is 0 Å². The van der Waals surface area contributed by atoms with E-state index in [4.69, 9.17) is 16.3 Å². The molecule has 21 heavy (non-hydrogen) atoms. The van der Waals surface area contributed by atoms with E-state index in [1.54, 1.807) is 28.3 Å². The zero-order chi connectivity index (χ0) is 14.8. The van der Waals surface area contributed by atoms with E-state index in [-0.39, 0.29) is 5.69 Å². The molecule has 108 valence electrons. The lowest BCUT2D eigenvalue weighted by Crippen LogP contribution is -2.24. The molecule has 0 amide bonds. The molecule has 0 unspecified atom stereocenters. The molecule has 0 atom stereocenters. The number of hydrogen-bond donors (Lipinski definition) is 0. The number of rotatable bonds is 4. The molecule has 2 aromatic carbocycles. The van der Waals surface area contributed by atoms with Gasteiger partial charge in [0.15, 0.2) is 0 Å². The van der Waals surface area contributed by atoms with E-state index in [2.05, 4.69) is 0 Å². The van der Waals surface area contributed by atoms with Crippen molar-refractivity contribution in [1.29, 1.82) is 0 Å². The molecule has 0 aliphatic rings. The molecule has 1 heterocycles. The molecule has 5 heteroatoms. The second kappa shape index (κ2) is 5.66. The van der Waals surface area contributed by atoms with Crippen LogP contribution < -0.4 is 10.4 Å². The summed E-state index contributed by atoms with van der Waals surface area (Å²) >= 11 is 5.83. The quantitative estimate of drug-likeness (QED) is 0.742. The summed E-state index contributed by atoms with van der Waals surface area (Å²) in [6.45, 7) is 0.929. The van der Waals surface area contributed by atoms with Crippen LogP contribution in [0.3, 0.4) is 0 Å². The summed E-state index contributed by atoms with van der Waals surface area (Å²) in [5.74, 6) is 0.743. The van der Waals surface area contributed by atoms with Crippen molar-refractivity contribution in [3.8, 4) is 5.75 Å². The average molecular weight is 303 g/mol. The van der Waals surface area contributed by atoms with Gasteiger partial charge in [0.25, 0.3) is 0 Å². The van der Waals surface area contributed by atoms with Gasteiger partial charge in [-0.15, -0.1) is 0 Å². The van der Waals surface area contributed by atoms with Crippen molar-refractivity contribution < 1.29 is 4.74 Å². The van der Waals surface area contributed by atoms with Crippen molar-refractivity contribution in [2.45, 2.75) is 6.54 Å². The van der Waals surface area contributed by atoms with Crippen LogP contribution in [0.5, 0.6) is 5.75 Å². The standard InChI is InChI=1S/C16H15ClN2O2/c1-18-14-4-2-3-5-15(14)19(16(18)20)10-11-21-13-8-6-12(17)7-9-13/h2-9H,10-11H2,1H3. The SMILES string of the molecule is Cn1c(=O)n(CCOc2ccc(Cl)cc2)c2ccccc21. The Balaban J connectivity index is 1.78. The van der Waals surface area contributed by atoms with Gasteiger partial charge in [0.1, 0.15) is 12.4 Å². The van der Waals surface area contributed by atoms with Crippen LogP contribution in [0.1, 0.15) is 0 Å². The van der Waals surface area contributed by atoms with Gasteiger partial charge in [-0.3, -0.25) is 9.13 Å². The lowest BCUT2D eigenvalue weighted by atomic mass is 10.3. The van der Waals surface area contributed by atoms with E-state index < -0.39 is 0 Å². The molecule has 0 bridgehead atoms. The number of para-hydroxylation sites is 2. The number of ether oxygens (including phenoxy) is 1. The van der Waals surface area contributed by atoms with Gasteiger partial charge >= 0.3 is 5.69 Å². The summed E-state index contributed by atoms with van der Waals surface area (Å²) < 4.78 is 9.03. The summed E-state index contributed by atoms with van der Waals surface area (Å²) in [5, 5.41) is 0.674. The lowest BCUT2D eigenvalue weighted by Gasteiger charge is -2.07. The van der Waals surface area contributed by atoms with E-state index in [1.165, 1.54) is 0 Å². The third kappa shape index (κ3) is 2.67. The normalized spacial score (nSPS) is 11.0. The van der Waals surface area contributed by atoms with Gasteiger partial charge in [0, 0.05) is 12.1 Å². The van der Waals surface area contributed by atoms with E-state index in [0.29, 0.717) is 18.2 Å². The summed E-state index contributed by atoms with van der Waals surface area (Å²) in [6, 6.07) is 14.9. The molecular formula is C16H15ClN2O2. The molecule has 0 spiro atoms. The first-order chi connectivity index (χ1) is 10.2. The van der Waals surface area contributed by atoms with Gasteiger partial charge < -0.3 is 4.74 Å². The van der Waals surface area contributed by atoms with Crippen molar-refractivity contribution in [1.82, 2.24) is 9.13 Å². The van der Waals surface area contributed by atoms with Crippen LogP contribution in [0, 0.1) is 0 Å². The monoisotopic (exact) mass is 302 g/mol. The number of hydrogen-bond acceptors (Lipinski definition) is 2. The smallest absolute Gasteiger partial charge is 0.328 e. The Labute approximate surface area is 127 Å². The molecule has 1 aromatic heterocycles. The predicted octanol–water partition coefficient (Wildman–Crippen LogP) is 3.07. The fourth-order valence-electron chi connectivity index (χ4n) is 2.36. The minimum atomic E-state index is -0.0316. The molecule has 3 aromatic rings. The van der Waals surface area contributed by atoms with Crippen molar-refractivity contribution in [2.75, 3.05) is 6.61 Å². The van der Waals surface area contributed by atoms with Gasteiger partial charge in [-0.05, 0) is 36.4 Å². The molecule has 4 nitrogen and oxygen atoms in total. The molecular weight excluding hydrogens is 288 g/mol. The second-order valence-corrected chi connectivity index (χ2v) is 5.22. The number of halogens is 1. The Hall–Kier alpha value is -2.20. The van der Waals surface area contributed by atoms with Crippen LogP contribution in [0.25, 0.3) is 11.0 Å².